The number of ketones is 1. The number of aromatic nitrogens is 3. The zero-order chi connectivity index (χ0) is 24.8. The maximum atomic E-state index is 14.3. The molecule has 2 aromatic rings. The number of carbonyl (C=O) groups is 1. The van der Waals surface area contributed by atoms with Crippen LogP contribution in [0.1, 0.15) is 78.6 Å². The molecule has 0 aliphatic heterocycles. The number of halogens is 2. The van der Waals surface area contributed by atoms with Crippen molar-refractivity contribution in [2.75, 3.05) is 0 Å². The first-order chi connectivity index (χ1) is 16.5. The molecule has 0 amide bonds. The van der Waals surface area contributed by atoms with Crippen LogP contribution in [0.3, 0.4) is 0 Å². The van der Waals surface area contributed by atoms with E-state index in [4.69, 9.17) is 11.6 Å². The van der Waals surface area contributed by atoms with Gasteiger partial charge in [0.25, 0.3) is 0 Å². The average Bonchev–Trinajstić information content (AvgIpc) is 3.37. The smallest absolute Gasteiger partial charge is 0.171 e. The number of carbonyl (C=O) groups excluding carboxylic acids is 1. The van der Waals surface area contributed by atoms with Gasteiger partial charge in [-0.2, -0.15) is 0 Å². The van der Waals surface area contributed by atoms with Crippen LogP contribution >= 0.6 is 11.6 Å². The second kappa shape index (κ2) is 7.98. The molecule has 35 heavy (non-hydrogen) atoms. The lowest BCUT2D eigenvalue weighted by Crippen LogP contribution is -2.55. The summed E-state index contributed by atoms with van der Waals surface area (Å²) in [6, 6.07) is 3.19. The van der Waals surface area contributed by atoms with Crippen LogP contribution in [-0.4, -0.2) is 31.5 Å². The molecule has 0 radical (unpaired) electrons. The fourth-order valence-corrected chi connectivity index (χ4v) is 9.47. The van der Waals surface area contributed by atoms with Gasteiger partial charge in [0.05, 0.1) is 16.1 Å². The summed E-state index contributed by atoms with van der Waals surface area (Å²) in [5.41, 5.74) is 0.470. The molecule has 6 rings (SSSR count). The molecule has 4 fully saturated rings. The first kappa shape index (κ1) is 23.8. The number of Topliss-reactive ketones (excluding diaryl/α,β-unsaturated/α-hetero) is 1. The van der Waals surface area contributed by atoms with E-state index in [1.165, 1.54) is 25.3 Å². The molecule has 1 heterocycles. The van der Waals surface area contributed by atoms with Crippen LogP contribution in [-0.2, 0) is 11.3 Å². The fourth-order valence-electron chi connectivity index (χ4n) is 9.31. The molecule has 190 valence electrons. The maximum absolute atomic E-state index is 14.3. The van der Waals surface area contributed by atoms with Gasteiger partial charge in [-0.25, -0.2) is 9.07 Å². The van der Waals surface area contributed by atoms with Gasteiger partial charge in [0, 0.05) is 5.92 Å². The lowest BCUT2D eigenvalue weighted by molar-refractivity contribution is -0.151. The summed E-state index contributed by atoms with van der Waals surface area (Å²) < 4.78 is 15.9. The minimum absolute atomic E-state index is 0.0162. The van der Waals surface area contributed by atoms with E-state index in [2.05, 4.69) is 24.2 Å². The van der Waals surface area contributed by atoms with Gasteiger partial charge >= 0.3 is 0 Å². The first-order valence-corrected chi connectivity index (χ1v) is 13.8. The molecule has 4 saturated carbocycles. The summed E-state index contributed by atoms with van der Waals surface area (Å²) in [6.45, 7) is 7.02. The maximum Gasteiger partial charge on any atom is 0.171 e. The Morgan fingerprint density at radius 2 is 1.86 bits per heavy atom. The van der Waals surface area contributed by atoms with Gasteiger partial charge in [0.1, 0.15) is 12.1 Å². The normalized spacial score (nSPS) is 43.0. The Labute approximate surface area is 211 Å². The van der Waals surface area contributed by atoms with Gasteiger partial charge in [-0.1, -0.05) is 30.7 Å². The van der Waals surface area contributed by atoms with Crippen LogP contribution in [0.4, 0.5) is 4.39 Å². The van der Waals surface area contributed by atoms with Gasteiger partial charge in [0.2, 0.25) is 0 Å². The van der Waals surface area contributed by atoms with Crippen LogP contribution < -0.4 is 0 Å². The van der Waals surface area contributed by atoms with Crippen molar-refractivity contribution in [2.24, 2.45) is 40.4 Å². The van der Waals surface area contributed by atoms with Crippen molar-refractivity contribution in [3.8, 4) is 0 Å². The standard InChI is InChI=1S/C28H37ClFN3O2/c1-26(35)12-13-27(2)16(14-26)4-5-17-18-6-7-20(28(18,3)11-10-19(17)27)23(34)15-33-22-9-8-21(29)24(30)25(22)31-32-33/h8-9,16-20,35H,4-7,10-15H2,1-3H3/t16-,17?,18+,19+,20-,26-,27+,28+/m1/s1. The van der Waals surface area contributed by atoms with Crippen molar-refractivity contribution >= 4 is 28.4 Å². The van der Waals surface area contributed by atoms with Gasteiger partial charge in [-0.15, -0.1) is 5.10 Å². The second-order valence-corrected chi connectivity index (χ2v) is 13.4. The Morgan fingerprint density at radius 1 is 1.09 bits per heavy atom. The van der Waals surface area contributed by atoms with Gasteiger partial charge in [-0.05, 0) is 111 Å². The predicted octanol–water partition coefficient (Wildman–Crippen LogP) is 6.20. The molecule has 4 aliphatic carbocycles. The quantitative estimate of drug-likeness (QED) is 0.543. The Kier molecular flexibility index (Phi) is 5.44. The lowest BCUT2D eigenvalue weighted by Gasteiger charge is -2.61. The summed E-state index contributed by atoms with van der Waals surface area (Å²) in [5.74, 6) is 2.22. The molecule has 7 heteroatoms. The summed E-state index contributed by atoms with van der Waals surface area (Å²) in [4.78, 5) is 13.7. The highest BCUT2D eigenvalue weighted by atomic mass is 35.5. The number of hydrogen-bond acceptors (Lipinski definition) is 4. The predicted molar refractivity (Wildman–Crippen MR) is 133 cm³/mol. The highest BCUT2D eigenvalue weighted by molar-refractivity contribution is 6.31. The summed E-state index contributed by atoms with van der Waals surface area (Å²) in [6.07, 6.45) is 9.74. The third-order valence-electron chi connectivity index (χ3n) is 11.2. The van der Waals surface area contributed by atoms with Crippen LogP contribution in [0.2, 0.25) is 5.02 Å². The Hall–Kier alpha value is -1.53. The Morgan fingerprint density at radius 3 is 2.66 bits per heavy atom. The molecule has 1 aromatic heterocycles. The monoisotopic (exact) mass is 501 g/mol. The van der Waals surface area contributed by atoms with E-state index in [1.807, 2.05) is 6.92 Å². The van der Waals surface area contributed by atoms with Crippen LogP contribution in [0.15, 0.2) is 12.1 Å². The molecule has 1 unspecified atom stereocenters. The molecule has 0 spiro atoms. The molecule has 0 saturated heterocycles. The van der Waals surface area contributed by atoms with Crippen LogP contribution in [0.5, 0.6) is 0 Å². The van der Waals surface area contributed by atoms with Crippen molar-refractivity contribution in [2.45, 2.75) is 90.7 Å². The average molecular weight is 502 g/mol. The molecular formula is C28H37ClFN3O2. The van der Waals surface area contributed by atoms with Crippen LogP contribution in [0.25, 0.3) is 11.0 Å². The number of hydrogen-bond donors (Lipinski definition) is 1. The van der Waals surface area contributed by atoms with E-state index >= 15 is 0 Å². The molecule has 8 atom stereocenters. The first-order valence-electron chi connectivity index (χ1n) is 13.5. The lowest BCUT2D eigenvalue weighted by atomic mass is 9.44. The number of fused-ring (bicyclic) bond motifs is 6. The summed E-state index contributed by atoms with van der Waals surface area (Å²) in [5, 5.41) is 18.8. The molecule has 0 bridgehead atoms. The third-order valence-corrected chi connectivity index (χ3v) is 11.5. The number of aliphatic hydroxyl groups is 1. The molecule has 4 aliphatic rings. The third kappa shape index (κ3) is 3.53. The van der Waals surface area contributed by atoms with Crippen molar-refractivity contribution < 1.29 is 14.3 Å². The molecule has 1 aromatic carbocycles. The second-order valence-electron chi connectivity index (χ2n) is 13.0. The Bertz CT molecular complexity index is 1180. The fraction of sp³-hybridized carbons (Fsp3) is 0.750. The SMILES string of the molecule is C[C@@]1(O)CC[C@@]2(C)[C@H](CCC3[C@@H]2CC[C@]2(C)[C@@H](C(=O)Cn4nnc5c(F)c(Cl)ccc54)CC[C@@H]32)C1. The summed E-state index contributed by atoms with van der Waals surface area (Å²) >= 11 is 5.89. The highest BCUT2D eigenvalue weighted by Crippen LogP contribution is 2.68. The topological polar surface area (TPSA) is 68.0 Å². The number of nitrogens with zero attached hydrogens (tertiary/aromatic N) is 3. The molecule has 1 N–H and O–H groups in total. The zero-order valence-electron chi connectivity index (χ0n) is 21.1. The van der Waals surface area contributed by atoms with Crippen molar-refractivity contribution in [3.05, 3.63) is 23.0 Å². The molecule has 5 nitrogen and oxygen atoms in total. The van der Waals surface area contributed by atoms with E-state index in [-0.39, 0.29) is 34.2 Å². The van der Waals surface area contributed by atoms with Crippen molar-refractivity contribution in [1.29, 1.82) is 0 Å². The Balaban J connectivity index is 1.22. The minimum Gasteiger partial charge on any atom is -0.390 e. The van der Waals surface area contributed by atoms with Gasteiger partial charge in [0.15, 0.2) is 11.6 Å². The van der Waals surface area contributed by atoms with Crippen LogP contribution in [0, 0.1) is 46.2 Å². The zero-order valence-corrected chi connectivity index (χ0v) is 21.8. The largest absolute Gasteiger partial charge is 0.390 e. The van der Waals surface area contributed by atoms with Gasteiger partial charge < -0.3 is 5.11 Å². The van der Waals surface area contributed by atoms with E-state index in [0.29, 0.717) is 34.6 Å². The van der Waals surface area contributed by atoms with Gasteiger partial charge in [-0.3, -0.25) is 4.79 Å². The summed E-state index contributed by atoms with van der Waals surface area (Å²) in [7, 11) is 0. The van der Waals surface area contributed by atoms with E-state index in [9.17, 15) is 14.3 Å². The van der Waals surface area contributed by atoms with E-state index < -0.39 is 11.4 Å². The van der Waals surface area contributed by atoms with E-state index in [0.717, 1.165) is 38.5 Å². The van der Waals surface area contributed by atoms with Crippen molar-refractivity contribution in [3.63, 3.8) is 0 Å². The highest BCUT2D eigenvalue weighted by Gasteiger charge is 2.61. The number of benzene rings is 1. The van der Waals surface area contributed by atoms with Crippen molar-refractivity contribution in [1.82, 2.24) is 15.0 Å². The minimum atomic E-state index is -0.581. The molecular weight excluding hydrogens is 465 g/mol. The van der Waals surface area contributed by atoms with E-state index in [1.54, 1.807) is 10.7 Å². The number of rotatable bonds is 3.